The molecule has 1 N–H and O–H groups in total. The molecule has 0 aliphatic carbocycles. The second kappa shape index (κ2) is 8.48. The van der Waals surface area contributed by atoms with Gasteiger partial charge in [0, 0.05) is 24.6 Å². The van der Waals surface area contributed by atoms with Gasteiger partial charge in [0.15, 0.2) is 0 Å². The van der Waals surface area contributed by atoms with Gasteiger partial charge in [0.2, 0.25) is 0 Å². The zero-order valence-electron chi connectivity index (χ0n) is 11.4. The van der Waals surface area contributed by atoms with E-state index in [4.69, 9.17) is 9.47 Å². The molecule has 19 heavy (non-hydrogen) atoms. The summed E-state index contributed by atoms with van der Waals surface area (Å²) in [4.78, 5) is 11.1. The van der Waals surface area contributed by atoms with E-state index in [2.05, 4.69) is 5.32 Å². The van der Waals surface area contributed by atoms with Crippen LogP contribution in [0.15, 0.2) is 18.2 Å². The van der Waals surface area contributed by atoms with Gasteiger partial charge in [-0.2, -0.15) is 0 Å². The number of hydrogen-bond donors (Lipinski definition) is 1. The molecule has 1 rings (SSSR count). The highest BCUT2D eigenvalue weighted by molar-refractivity contribution is 5.69. The standard InChI is InChI=1S/C14H20FNO3/c1-3-19-14(17)5-4-8-16-10-11-6-7-12(18-2)9-13(11)15/h6-7,9,16H,3-5,8,10H2,1-2H3. The monoisotopic (exact) mass is 269 g/mol. The summed E-state index contributed by atoms with van der Waals surface area (Å²) in [7, 11) is 1.50. The summed E-state index contributed by atoms with van der Waals surface area (Å²) in [6.07, 6.45) is 1.06. The van der Waals surface area contributed by atoms with Crippen molar-refractivity contribution in [3.63, 3.8) is 0 Å². The first kappa shape index (κ1) is 15.4. The Bertz CT molecular complexity index is 410. The number of esters is 1. The minimum absolute atomic E-state index is 0.195. The molecule has 0 heterocycles. The minimum Gasteiger partial charge on any atom is -0.497 e. The van der Waals surface area contributed by atoms with Crippen LogP contribution < -0.4 is 10.1 Å². The SMILES string of the molecule is CCOC(=O)CCCNCc1ccc(OC)cc1F. The van der Waals surface area contributed by atoms with Crippen LogP contribution in [0.3, 0.4) is 0 Å². The molecule has 106 valence electrons. The van der Waals surface area contributed by atoms with Crippen molar-refractivity contribution in [1.82, 2.24) is 5.32 Å². The molecule has 0 bridgehead atoms. The molecular formula is C14H20FNO3. The molecule has 0 aromatic heterocycles. The Morgan fingerprint density at radius 1 is 1.42 bits per heavy atom. The molecule has 0 spiro atoms. The van der Waals surface area contributed by atoms with E-state index in [9.17, 15) is 9.18 Å². The van der Waals surface area contributed by atoms with Crippen molar-refractivity contribution >= 4 is 5.97 Å². The molecular weight excluding hydrogens is 249 g/mol. The van der Waals surface area contributed by atoms with Crippen LogP contribution in [0.2, 0.25) is 0 Å². The largest absolute Gasteiger partial charge is 0.497 e. The Balaban J connectivity index is 2.24. The van der Waals surface area contributed by atoms with Gasteiger partial charge in [-0.05, 0) is 26.0 Å². The van der Waals surface area contributed by atoms with Crippen LogP contribution in [0.5, 0.6) is 5.75 Å². The topological polar surface area (TPSA) is 47.6 Å². The lowest BCUT2D eigenvalue weighted by Gasteiger charge is -2.07. The maximum absolute atomic E-state index is 13.6. The molecule has 0 amide bonds. The van der Waals surface area contributed by atoms with Crippen LogP contribution in [-0.2, 0) is 16.1 Å². The number of ether oxygens (including phenoxy) is 2. The number of benzene rings is 1. The summed E-state index contributed by atoms with van der Waals surface area (Å²) in [5, 5.41) is 3.09. The van der Waals surface area contributed by atoms with Crippen LogP contribution in [0.25, 0.3) is 0 Å². The molecule has 0 aliphatic rings. The number of carbonyl (C=O) groups excluding carboxylic acids is 1. The van der Waals surface area contributed by atoms with Crippen molar-refractivity contribution < 1.29 is 18.7 Å². The highest BCUT2D eigenvalue weighted by Gasteiger charge is 2.04. The lowest BCUT2D eigenvalue weighted by Crippen LogP contribution is -2.17. The zero-order chi connectivity index (χ0) is 14.1. The number of rotatable bonds is 8. The normalized spacial score (nSPS) is 10.3. The molecule has 0 saturated carbocycles. The molecule has 0 fully saturated rings. The average molecular weight is 269 g/mol. The molecule has 0 aliphatic heterocycles. The Morgan fingerprint density at radius 3 is 2.84 bits per heavy atom. The van der Waals surface area contributed by atoms with E-state index in [0.29, 0.717) is 43.9 Å². The van der Waals surface area contributed by atoms with E-state index in [1.165, 1.54) is 13.2 Å². The van der Waals surface area contributed by atoms with Crippen LogP contribution in [0, 0.1) is 5.82 Å². The summed E-state index contributed by atoms with van der Waals surface area (Å²) in [6, 6.07) is 4.76. The predicted octanol–water partition coefficient (Wildman–Crippen LogP) is 2.27. The highest BCUT2D eigenvalue weighted by atomic mass is 19.1. The summed E-state index contributed by atoms with van der Waals surface area (Å²) >= 11 is 0. The fourth-order valence-electron chi connectivity index (χ4n) is 1.61. The second-order valence-corrected chi connectivity index (χ2v) is 4.04. The van der Waals surface area contributed by atoms with Crippen molar-refractivity contribution in [3.8, 4) is 5.75 Å². The van der Waals surface area contributed by atoms with E-state index in [1.54, 1.807) is 19.1 Å². The molecule has 1 aromatic carbocycles. The van der Waals surface area contributed by atoms with Crippen molar-refractivity contribution in [2.24, 2.45) is 0 Å². The molecule has 0 atom stereocenters. The van der Waals surface area contributed by atoms with Crippen LogP contribution in [-0.4, -0.2) is 26.2 Å². The maximum atomic E-state index is 13.6. The van der Waals surface area contributed by atoms with E-state index < -0.39 is 0 Å². The fourth-order valence-corrected chi connectivity index (χ4v) is 1.61. The summed E-state index contributed by atoms with van der Waals surface area (Å²) < 4.78 is 23.3. The Labute approximate surface area is 112 Å². The second-order valence-electron chi connectivity index (χ2n) is 4.04. The van der Waals surface area contributed by atoms with Gasteiger partial charge in [-0.25, -0.2) is 4.39 Å². The van der Waals surface area contributed by atoms with Gasteiger partial charge in [-0.1, -0.05) is 6.07 Å². The zero-order valence-corrected chi connectivity index (χ0v) is 11.4. The van der Waals surface area contributed by atoms with Crippen LogP contribution >= 0.6 is 0 Å². The highest BCUT2D eigenvalue weighted by Crippen LogP contribution is 2.15. The first-order valence-corrected chi connectivity index (χ1v) is 6.36. The third kappa shape index (κ3) is 5.70. The third-order valence-corrected chi connectivity index (χ3v) is 2.62. The third-order valence-electron chi connectivity index (χ3n) is 2.62. The van der Waals surface area contributed by atoms with Gasteiger partial charge in [-0.3, -0.25) is 4.79 Å². The fraction of sp³-hybridized carbons (Fsp3) is 0.500. The Morgan fingerprint density at radius 2 is 2.21 bits per heavy atom. The predicted molar refractivity (Wildman–Crippen MR) is 70.5 cm³/mol. The number of nitrogens with one attached hydrogen (secondary N) is 1. The number of hydrogen-bond acceptors (Lipinski definition) is 4. The number of carbonyl (C=O) groups is 1. The van der Waals surface area contributed by atoms with Gasteiger partial charge in [0.05, 0.1) is 13.7 Å². The Hall–Kier alpha value is -1.62. The molecule has 4 nitrogen and oxygen atoms in total. The quantitative estimate of drug-likeness (QED) is 0.581. The first-order chi connectivity index (χ1) is 9.17. The number of halogens is 1. The maximum Gasteiger partial charge on any atom is 0.305 e. The van der Waals surface area contributed by atoms with Crippen molar-refractivity contribution in [2.75, 3.05) is 20.3 Å². The van der Waals surface area contributed by atoms with E-state index in [0.717, 1.165) is 0 Å². The van der Waals surface area contributed by atoms with Crippen molar-refractivity contribution in [1.29, 1.82) is 0 Å². The molecule has 1 aromatic rings. The molecule has 5 heteroatoms. The summed E-state index contributed by atoms with van der Waals surface area (Å²) in [5.74, 6) is 0.0146. The van der Waals surface area contributed by atoms with Gasteiger partial charge in [0.25, 0.3) is 0 Å². The average Bonchev–Trinajstić information content (AvgIpc) is 2.40. The molecule has 0 saturated heterocycles. The van der Waals surface area contributed by atoms with Crippen molar-refractivity contribution in [3.05, 3.63) is 29.6 Å². The number of methoxy groups -OCH3 is 1. The van der Waals surface area contributed by atoms with Gasteiger partial charge < -0.3 is 14.8 Å². The lowest BCUT2D eigenvalue weighted by molar-refractivity contribution is -0.143. The van der Waals surface area contributed by atoms with Crippen molar-refractivity contribution in [2.45, 2.75) is 26.3 Å². The van der Waals surface area contributed by atoms with E-state index in [1.807, 2.05) is 0 Å². The van der Waals surface area contributed by atoms with E-state index >= 15 is 0 Å². The van der Waals surface area contributed by atoms with Crippen LogP contribution in [0.4, 0.5) is 4.39 Å². The van der Waals surface area contributed by atoms with Crippen LogP contribution in [0.1, 0.15) is 25.3 Å². The van der Waals surface area contributed by atoms with Gasteiger partial charge in [-0.15, -0.1) is 0 Å². The van der Waals surface area contributed by atoms with Gasteiger partial charge >= 0.3 is 5.97 Å². The Kier molecular flexibility index (Phi) is 6.89. The first-order valence-electron chi connectivity index (χ1n) is 6.36. The summed E-state index contributed by atoms with van der Waals surface area (Å²) in [5.41, 5.74) is 0.580. The smallest absolute Gasteiger partial charge is 0.305 e. The minimum atomic E-state index is -0.294. The van der Waals surface area contributed by atoms with Gasteiger partial charge in [0.1, 0.15) is 11.6 Å². The lowest BCUT2D eigenvalue weighted by atomic mass is 10.2. The molecule has 0 unspecified atom stereocenters. The molecule has 0 radical (unpaired) electrons. The summed E-state index contributed by atoms with van der Waals surface area (Å²) in [6.45, 7) is 3.26. The van der Waals surface area contributed by atoms with E-state index in [-0.39, 0.29) is 11.8 Å².